The van der Waals surface area contributed by atoms with Crippen LogP contribution in [0.25, 0.3) is 0 Å². The highest BCUT2D eigenvalue weighted by Crippen LogP contribution is 2.36. The minimum absolute atomic E-state index is 0.325. The zero-order chi connectivity index (χ0) is 17.4. The van der Waals surface area contributed by atoms with Crippen LogP contribution >= 0.6 is 0 Å². The molecule has 0 atom stereocenters. The number of rotatable bonds is 4. The molecule has 24 heavy (non-hydrogen) atoms. The third kappa shape index (κ3) is 3.35. The number of benzene rings is 2. The normalized spacial score (nSPS) is 18.6. The van der Waals surface area contributed by atoms with E-state index < -0.39 is 0 Å². The van der Waals surface area contributed by atoms with Gasteiger partial charge < -0.3 is 14.0 Å². The second kappa shape index (κ2) is 6.27. The van der Waals surface area contributed by atoms with Gasteiger partial charge in [-0.2, -0.15) is 0 Å². The Hall–Kier alpha value is -1.78. The average Bonchev–Trinajstić information content (AvgIpc) is 2.75. The number of ether oxygens (including phenoxy) is 1. The first-order valence-corrected chi connectivity index (χ1v) is 8.41. The standard InChI is InChI=1S/C20H25BO3/c1-15-13-17(21-23-19(2,3)20(4,5)24-21)11-12-18(15)22-14-16-9-7-6-8-10-16/h6-13H,14H2,1-5H3. The molecule has 1 fully saturated rings. The predicted molar refractivity (Wildman–Crippen MR) is 97.7 cm³/mol. The Kier molecular flexibility index (Phi) is 4.45. The van der Waals surface area contributed by atoms with Crippen molar-refractivity contribution in [1.82, 2.24) is 0 Å². The highest BCUT2D eigenvalue weighted by molar-refractivity contribution is 6.62. The minimum atomic E-state index is -0.336. The molecular formula is C20H25BO3. The highest BCUT2D eigenvalue weighted by atomic mass is 16.7. The molecule has 2 aromatic carbocycles. The second-order valence-electron chi connectivity index (χ2n) is 7.39. The number of hydrogen-bond donors (Lipinski definition) is 0. The summed E-state index contributed by atoms with van der Waals surface area (Å²) in [6.07, 6.45) is 0. The van der Waals surface area contributed by atoms with Crippen LogP contribution in [-0.4, -0.2) is 18.3 Å². The Morgan fingerprint density at radius 1 is 0.917 bits per heavy atom. The summed E-state index contributed by atoms with van der Waals surface area (Å²) in [5.41, 5.74) is 2.62. The fourth-order valence-corrected chi connectivity index (χ4v) is 2.70. The lowest BCUT2D eigenvalue weighted by molar-refractivity contribution is 0.00578. The first kappa shape index (κ1) is 17.1. The second-order valence-corrected chi connectivity index (χ2v) is 7.39. The SMILES string of the molecule is Cc1cc(B2OC(C)(C)C(C)(C)O2)ccc1OCc1ccccc1. The van der Waals surface area contributed by atoms with Crippen LogP contribution in [-0.2, 0) is 15.9 Å². The van der Waals surface area contributed by atoms with E-state index in [-0.39, 0.29) is 18.3 Å². The van der Waals surface area contributed by atoms with Gasteiger partial charge in [0.05, 0.1) is 11.2 Å². The minimum Gasteiger partial charge on any atom is -0.489 e. The molecule has 0 radical (unpaired) electrons. The summed E-state index contributed by atoms with van der Waals surface area (Å²) in [6.45, 7) is 10.9. The van der Waals surface area contributed by atoms with E-state index in [0.717, 1.165) is 22.3 Å². The van der Waals surface area contributed by atoms with Crippen molar-refractivity contribution in [3.8, 4) is 5.75 Å². The molecule has 0 amide bonds. The highest BCUT2D eigenvalue weighted by Gasteiger charge is 2.51. The zero-order valence-electron chi connectivity index (χ0n) is 15.1. The summed E-state index contributed by atoms with van der Waals surface area (Å²) in [4.78, 5) is 0. The lowest BCUT2D eigenvalue weighted by Gasteiger charge is -2.32. The fraction of sp³-hybridized carbons (Fsp3) is 0.400. The van der Waals surface area contributed by atoms with Gasteiger partial charge in [-0.15, -0.1) is 0 Å². The van der Waals surface area contributed by atoms with Gasteiger partial charge in [0.2, 0.25) is 0 Å². The van der Waals surface area contributed by atoms with Gasteiger partial charge in [-0.1, -0.05) is 42.5 Å². The van der Waals surface area contributed by atoms with Gasteiger partial charge in [-0.05, 0) is 57.3 Å². The maximum absolute atomic E-state index is 6.11. The summed E-state index contributed by atoms with van der Waals surface area (Å²) in [6, 6.07) is 16.3. The van der Waals surface area contributed by atoms with Crippen LogP contribution in [0.3, 0.4) is 0 Å². The van der Waals surface area contributed by atoms with E-state index in [1.165, 1.54) is 0 Å². The molecule has 0 N–H and O–H groups in total. The van der Waals surface area contributed by atoms with Crippen molar-refractivity contribution in [2.24, 2.45) is 0 Å². The van der Waals surface area contributed by atoms with E-state index in [1.807, 2.05) is 30.3 Å². The molecule has 3 nitrogen and oxygen atoms in total. The topological polar surface area (TPSA) is 27.7 Å². The molecule has 0 aliphatic carbocycles. The predicted octanol–water partition coefficient (Wildman–Crippen LogP) is 3.87. The monoisotopic (exact) mass is 324 g/mol. The third-order valence-electron chi connectivity index (χ3n) is 4.96. The average molecular weight is 324 g/mol. The molecule has 1 heterocycles. The van der Waals surface area contributed by atoms with Gasteiger partial charge in [0.15, 0.2) is 0 Å². The lowest BCUT2D eigenvalue weighted by Crippen LogP contribution is -2.41. The van der Waals surface area contributed by atoms with Crippen LogP contribution in [0.15, 0.2) is 48.5 Å². The van der Waals surface area contributed by atoms with E-state index in [1.54, 1.807) is 0 Å². The van der Waals surface area contributed by atoms with Gasteiger partial charge in [-0.3, -0.25) is 0 Å². The molecule has 4 heteroatoms. The van der Waals surface area contributed by atoms with Crippen molar-refractivity contribution >= 4 is 12.6 Å². The van der Waals surface area contributed by atoms with Crippen molar-refractivity contribution in [2.45, 2.75) is 52.4 Å². The summed E-state index contributed by atoms with van der Waals surface area (Å²) in [5, 5.41) is 0. The molecule has 0 spiro atoms. The largest absolute Gasteiger partial charge is 0.494 e. The molecule has 2 aromatic rings. The van der Waals surface area contributed by atoms with Gasteiger partial charge >= 0.3 is 7.12 Å². The van der Waals surface area contributed by atoms with E-state index >= 15 is 0 Å². The number of hydrogen-bond acceptors (Lipinski definition) is 3. The molecular weight excluding hydrogens is 299 g/mol. The number of aryl methyl sites for hydroxylation is 1. The van der Waals surface area contributed by atoms with Crippen LogP contribution in [0.5, 0.6) is 5.75 Å². The van der Waals surface area contributed by atoms with Crippen molar-refractivity contribution < 1.29 is 14.0 Å². The first-order valence-electron chi connectivity index (χ1n) is 8.41. The van der Waals surface area contributed by atoms with Crippen molar-refractivity contribution in [2.75, 3.05) is 0 Å². The van der Waals surface area contributed by atoms with Gasteiger partial charge in [-0.25, -0.2) is 0 Å². The van der Waals surface area contributed by atoms with Gasteiger partial charge in [0.1, 0.15) is 12.4 Å². The van der Waals surface area contributed by atoms with Crippen LogP contribution in [0.1, 0.15) is 38.8 Å². The molecule has 1 aliphatic rings. The summed E-state index contributed by atoms with van der Waals surface area (Å²) >= 11 is 0. The van der Waals surface area contributed by atoms with Crippen LogP contribution in [0.2, 0.25) is 0 Å². The van der Waals surface area contributed by atoms with Gasteiger partial charge in [0, 0.05) is 0 Å². The van der Waals surface area contributed by atoms with Gasteiger partial charge in [0.25, 0.3) is 0 Å². The van der Waals surface area contributed by atoms with E-state index in [2.05, 4.69) is 52.8 Å². The van der Waals surface area contributed by atoms with Crippen LogP contribution < -0.4 is 10.2 Å². The maximum atomic E-state index is 6.11. The molecule has 0 bridgehead atoms. The molecule has 0 unspecified atom stereocenters. The summed E-state index contributed by atoms with van der Waals surface area (Å²) in [5.74, 6) is 0.888. The summed E-state index contributed by atoms with van der Waals surface area (Å²) < 4.78 is 18.2. The van der Waals surface area contributed by atoms with Crippen molar-refractivity contribution in [3.05, 3.63) is 59.7 Å². The molecule has 0 aromatic heterocycles. The Balaban J connectivity index is 1.71. The Morgan fingerprint density at radius 2 is 1.54 bits per heavy atom. The molecule has 126 valence electrons. The molecule has 1 aliphatic heterocycles. The lowest BCUT2D eigenvalue weighted by atomic mass is 9.78. The van der Waals surface area contributed by atoms with Crippen molar-refractivity contribution in [1.29, 1.82) is 0 Å². The molecule has 0 saturated carbocycles. The maximum Gasteiger partial charge on any atom is 0.494 e. The van der Waals surface area contributed by atoms with Crippen LogP contribution in [0.4, 0.5) is 0 Å². The Morgan fingerprint density at radius 3 is 2.12 bits per heavy atom. The fourth-order valence-electron chi connectivity index (χ4n) is 2.70. The molecule has 1 saturated heterocycles. The first-order chi connectivity index (χ1) is 11.3. The van der Waals surface area contributed by atoms with E-state index in [9.17, 15) is 0 Å². The zero-order valence-corrected chi connectivity index (χ0v) is 15.1. The van der Waals surface area contributed by atoms with E-state index in [4.69, 9.17) is 14.0 Å². The Labute approximate surface area is 145 Å². The van der Waals surface area contributed by atoms with Crippen molar-refractivity contribution in [3.63, 3.8) is 0 Å². The Bertz CT molecular complexity index is 694. The quantitative estimate of drug-likeness (QED) is 0.799. The summed E-state index contributed by atoms with van der Waals surface area (Å²) in [7, 11) is -0.336. The van der Waals surface area contributed by atoms with E-state index in [0.29, 0.717) is 6.61 Å². The molecule has 3 rings (SSSR count). The van der Waals surface area contributed by atoms with Crippen LogP contribution in [0, 0.1) is 6.92 Å². The smallest absolute Gasteiger partial charge is 0.489 e. The third-order valence-corrected chi connectivity index (χ3v) is 4.96.